The van der Waals surface area contributed by atoms with Crippen molar-refractivity contribution in [2.24, 2.45) is 29.0 Å². The van der Waals surface area contributed by atoms with E-state index in [0.717, 1.165) is 0 Å². The first-order chi connectivity index (χ1) is 36.5. The summed E-state index contributed by atoms with van der Waals surface area (Å²) in [6.45, 7) is 8.14. The first kappa shape index (κ1) is 67.4. The fourth-order valence-corrected chi connectivity index (χ4v) is 8.65. The summed E-state index contributed by atoms with van der Waals surface area (Å²) >= 11 is 8.06. The van der Waals surface area contributed by atoms with E-state index in [1.165, 1.54) is 24.0 Å². The van der Waals surface area contributed by atoms with Crippen LogP contribution in [0.4, 0.5) is 0 Å². The second kappa shape index (κ2) is 34.9. The highest BCUT2D eigenvalue weighted by atomic mass is 32.1. The minimum atomic E-state index is -1.62. The van der Waals surface area contributed by atoms with Crippen LogP contribution in [0.3, 0.4) is 0 Å². The van der Waals surface area contributed by atoms with Crippen LogP contribution in [-0.2, 0) is 54.4 Å². The van der Waals surface area contributed by atoms with Gasteiger partial charge in [0.25, 0.3) is 0 Å². The Hall–Kier alpha value is -5.74. The monoisotopic (exact) mass is 1120 g/mol. The van der Waals surface area contributed by atoms with E-state index >= 15 is 0 Å². The van der Waals surface area contributed by atoms with Crippen molar-refractivity contribution >= 4 is 84.4 Å². The summed E-state index contributed by atoms with van der Waals surface area (Å²) in [6, 6.07) is -5.30. The minimum absolute atomic E-state index is 0.0136. The van der Waals surface area contributed by atoms with Gasteiger partial charge in [0.15, 0.2) is 0 Å². The average Bonchev–Trinajstić information content (AvgIpc) is 3.91. The number of benzene rings is 1. The molecular formula is C50H84N12O13S2. The molecule has 0 radical (unpaired) electrons. The SMILES string of the molecule is CC[C@H](C)[C@H](NC(=O)[C@H](Cc1ccc(O)cc1)NC(=O)[C@@H](N)CS)C(=O)NCC(=O)N[C@@H](CCCCN)C(=O)N[C@H](C(=O)N1CCC[C@H]1C(=O)N[C@@H](CCCCN)C(=O)N[C@H](C(=O)N[C@@H](CS)C(=O)O)[C@@H](C)CC)[C@@H](C)O. The number of nitrogens with two attached hydrogens (primary N) is 3. The first-order valence-corrected chi connectivity index (χ1v) is 27.5. The molecule has 17 N–H and O–H groups in total. The Bertz CT molecular complexity index is 2130. The van der Waals surface area contributed by atoms with Gasteiger partial charge in [0.2, 0.25) is 53.2 Å². The molecule has 12 atom stereocenters. The smallest absolute Gasteiger partial charge is 0.327 e. The van der Waals surface area contributed by atoms with E-state index in [4.69, 9.17) is 17.2 Å². The number of carboxylic acids is 1. The highest BCUT2D eigenvalue weighted by Crippen LogP contribution is 2.21. The summed E-state index contributed by atoms with van der Waals surface area (Å²) in [5, 5.41) is 50.8. The Kier molecular flexibility index (Phi) is 30.5. The van der Waals surface area contributed by atoms with Gasteiger partial charge in [-0.05, 0) is 101 Å². The lowest BCUT2D eigenvalue weighted by molar-refractivity contribution is -0.144. The van der Waals surface area contributed by atoms with Crippen LogP contribution >= 0.6 is 25.3 Å². The molecule has 1 heterocycles. The quantitative estimate of drug-likeness (QED) is 0.0246. The highest BCUT2D eigenvalue weighted by molar-refractivity contribution is 7.80. The number of hydrogen-bond donors (Lipinski definition) is 16. The molecule has 434 valence electrons. The lowest BCUT2D eigenvalue weighted by atomic mass is 9.97. The molecule has 77 heavy (non-hydrogen) atoms. The number of likely N-dealkylation sites (tertiary alicyclic amines) is 1. The fourth-order valence-electron chi connectivity index (χ4n) is 8.24. The van der Waals surface area contributed by atoms with Crippen molar-refractivity contribution < 1.29 is 63.3 Å². The summed E-state index contributed by atoms with van der Waals surface area (Å²) in [4.78, 5) is 136. The number of aliphatic hydroxyl groups excluding tert-OH is 1. The van der Waals surface area contributed by atoms with Crippen molar-refractivity contribution in [1.82, 2.24) is 47.4 Å². The van der Waals surface area contributed by atoms with Gasteiger partial charge in [-0.1, -0.05) is 52.7 Å². The van der Waals surface area contributed by atoms with Crippen molar-refractivity contribution in [1.29, 1.82) is 0 Å². The van der Waals surface area contributed by atoms with Gasteiger partial charge in [-0.15, -0.1) is 0 Å². The van der Waals surface area contributed by atoms with E-state index < -0.39 is 138 Å². The van der Waals surface area contributed by atoms with E-state index in [9.17, 15) is 63.3 Å². The molecule has 1 aromatic carbocycles. The molecular weight excluding hydrogens is 1040 g/mol. The zero-order valence-electron chi connectivity index (χ0n) is 44.8. The number of hydrogen-bond acceptors (Lipinski definition) is 17. The van der Waals surface area contributed by atoms with Gasteiger partial charge in [-0.25, -0.2) is 4.79 Å². The van der Waals surface area contributed by atoms with Gasteiger partial charge in [0, 0.05) is 24.5 Å². The molecule has 1 aromatic rings. The number of aromatic hydroxyl groups is 1. The Balaban J connectivity index is 2.28. The number of aliphatic carboxylic acids is 1. The summed E-state index contributed by atoms with van der Waals surface area (Å²) in [6.07, 6.45) is 1.57. The molecule has 0 bridgehead atoms. The number of carbonyl (C=O) groups is 10. The van der Waals surface area contributed by atoms with Crippen LogP contribution < -0.4 is 59.7 Å². The number of phenolic OH excluding ortho intramolecular Hbond substituents is 1. The molecule has 27 heteroatoms. The maximum Gasteiger partial charge on any atom is 0.327 e. The zero-order chi connectivity index (χ0) is 57.9. The van der Waals surface area contributed by atoms with Gasteiger partial charge >= 0.3 is 5.97 Å². The van der Waals surface area contributed by atoms with Crippen molar-refractivity contribution in [3.8, 4) is 5.75 Å². The number of carboxylic acid groups (broad SMARTS) is 1. The molecule has 0 unspecified atom stereocenters. The largest absolute Gasteiger partial charge is 0.508 e. The third-order valence-corrected chi connectivity index (χ3v) is 14.2. The average molecular weight is 1130 g/mol. The van der Waals surface area contributed by atoms with Crippen LogP contribution in [0, 0.1) is 11.8 Å². The van der Waals surface area contributed by atoms with E-state index in [2.05, 4.69) is 67.8 Å². The first-order valence-electron chi connectivity index (χ1n) is 26.2. The van der Waals surface area contributed by atoms with Crippen LogP contribution in [0.5, 0.6) is 5.75 Å². The van der Waals surface area contributed by atoms with Crippen LogP contribution in [0.2, 0.25) is 0 Å². The second-order valence-electron chi connectivity index (χ2n) is 19.4. The molecule has 1 aliphatic rings. The number of unbranched alkanes of at least 4 members (excludes halogenated alkanes) is 2. The molecule has 1 aliphatic heterocycles. The van der Waals surface area contributed by atoms with Gasteiger partial charge in [0.05, 0.1) is 18.7 Å². The number of amides is 9. The normalized spacial score (nSPS) is 17.5. The highest BCUT2D eigenvalue weighted by Gasteiger charge is 2.42. The van der Waals surface area contributed by atoms with E-state index in [1.54, 1.807) is 39.8 Å². The van der Waals surface area contributed by atoms with Crippen molar-refractivity contribution in [3.05, 3.63) is 29.8 Å². The molecule has 0 saturated carbocycles. The van der Waals surface area contributed by atoms with E-state index in [1.807, 2.05) is 0 Å². The van der Waals surface area contributed by atoms with Crippen LogP contribution in [0.15, 0.2) is 24.3 Å². The van der Waals surface area contributed by atoms with Gasteiger partial charge < -0.3 is 80.0 Å². The Morgan fingerprint density at radius 3 is 1.65 bits per heavy atom. The standard InChI is InChI=1S/C50H84N12O13S2/c1-6-27(3)39(59-45(69)35(57-42(66)32(53)25-76)23-30-16-18-31(64)19-17-30)47(71)54-24-38(65)55-33(13-8-10-20-51)43(67)61-41(29(5)63)49(73)62-22-12-15-37(62)46(70)56-34(14-9-11-21-52)44(68)60-40(28(4)7-2)48(72)58-36(26-77)50(74)75/h16-19,27-29,32-37,39-41,63-64,76-77H,6-15,20-26,51-53H2,1-5H3,(H,54,71)(H,55,65)(H,56,70)(H,57,66)(H,58,72)(H,59,69)(H,60,68)(H,61,67)(H,74,75)/t27-,28-,29+,32-,33-,34-,35-,36-,37-,39-,40-,41-/m0/s1. The number of phenols is 1. The van der Waals surface area contributed by atoms with Crippen LogP contribution in [-0.4, -0.2) is 178 Å². The number of carbonyl (C=O) groups excluding carboxylic acids is 9. The second-order valence-corrected chi connectivity index (χ2v) is 20.2. The predicted octanol–water partition coefficient (Wildman–Crippen LogP) is -2.56. The maximum absolute atomic E-state index is 14.3. The summed E-state index contributed by atoms with van der Waals surface area (Å²) in [7, 11) is 0. The zero-order valence-corrected chi connectivity index (χ0v) is 46.5. The number of thiol groups is 2. The van der Waals surface area contributed by atoms with Crippen LogP contribution in [0.25, 0.3) is 0 Å². The third-order valence-electron chi connectivity index (χ3n) is 13.4. The van der Waals surface area contributed by atoms with Gasteiger partial charge in [0.1, 0.15) is 54.1 Å². The summed E-state index contributed by atoms with van der Waals surface area (Å²) < 4.78 is 0. The van der Waals surface area contributed by atoms with Crippen LogP contribution in [0.1, 0.15) is 104 Å². The molecule has 2 rings (SSSR count). The number of rotatable bonds is 35. The third kappa shape index (κ3) is 22.3. The minimum Gasteiger partial charge on any atom is -0.508 e. The van der Waals surface area contributed by atoms with Gasteiger partial charge in [-0.2, -0.15) is 25.3 Å². The summed E-state index contributed by atoms with van der Waals surface area (Å²) in [5.41, 5.74) is 17.9. The molecule has 1 saturated heterocycles. The van der Waals surface area contributed by atoms with Crippen molar-refractivity contribution in [2.45, 2.75) is 166 Å². The molecule has 1 fully saturated rings. The lowest BCUT2D eigenvalue weighted by Crippen LogP contribution is -2.61. The molecule has 0 aromatic heterocycles. The maximum atomic E-state index is 14.3. The number of nitrogens with one attached hydrogen (secondary N) is 8. The number of nitrogens with zero attached hydrogens (tertiary/aromatic N) is 1. The Labute approximate surface area is 461 Å². The van der Waals surface area contributed by atoms with E-state index in [-0.39, 0.29) is 62.6 Å². The van der Waals surface area contributed by atoms with Crippen molar-refractivity contribution in [2.75, 3.05) is 37.7 Å². The summed E-state index contributed by atoms with van der Waals surface area (Å²) in [5.74, 6) is -9.35. The Morgan fingerprint density at radius 1 is 0.649 bits per heavy atom. The Morgan fingerprint density at radius 2 is 1.16 bits per heavy atom. The van der Waals surface area contributed by atoms with Crippen molar-refractivity contribution in [3.63, 3.8) is 0 Å². The predicted molar refractivity (Wildman–Crippen MR) is 293 cm³/mol. The molecule has 9 amide bonds. The molecule has 0 spiro atoms. The van der Waals surface area contributed by atoms with E-state index in [0.29, 0.717) is 50.5 Å². The fraction of sp³-hybridized carbons (Fsp3) is 0.680. The van der Waals surface area contributed by atoms with Gasteiger partial charge in [-0.3, -0.25) is 43.2 Å². The molecule has 0 aliphatic carbocycles. The topological polar surface area (TPSA) is 409 Å². The number of aliphatic hydroxyl groups is 1. The lowest BCUT2D eigenvalue weighted by Gasteiger charge is -2.32. The molecule has 25 nitrogen and oxygen atoms in total.